The van der Waals surface area contributed by atoms with Crippen LogP contribution in [-0.2, 0) is 6.54 Å². The molecule has 0 unspecified atom stereocenters. The fraction of sp³-hybridized carbons (Fsp3) is 0.0833. The fourth-order valence-electron chi connectivity index (χ4n) is 1.32. The molecule has 0 saturated carbocycles. The second kappa shape index (κ2) is 4.49. The molecule has 1 aromatic carbocycles. The van der Waals surface area contributed by atoms with Crippen molar-refractivity contribution in [3.8, 4) is 6.07 Å². The summed E-state index contributed by atoms with van der Waals surface area (Å²) in [5.74, 6) is 0.624. The van der Waals surface area contributed by atoms with Crippen LogP contribution in [0.1, 0.15) is 11.5 Å². The molecule has 0 spiro atoms. The predicted octanol–water partition coefficient (Wildman–Crippen LogP) is 2.90. The van der Waals surface area contributed by atoms with Crippen LogP contribution < -0.4 is 5.32 Å². The van der Waals surface area contributed by atoms with E-state index in [2.05, 4.69) is 5.32 Å². The number of rotatable bonds is 3. The Balaban J connectivity index is 2.00. The van der Waals surface area contributed by atoms with E-state index in [1.807, 2.05) is 6.07 Å². The molecule has 0 radical (unpaired) electrons. The summed E-state index contributed by atoms with van der Waals surface area (Å²) < 4.78 is 18.0. The Bertz CT molecular complexity index is 528. The van der Waals surface area contributed by atoms with Gasteiger partial charge in [-0.3, -0.25) is 0 Å². The van der Waals surface area contributed by atoms with Crippen LogP contribution >= 0.6 is 0 Å². The van der Waals surface area contributed by atoms with Gasteiger partial charge in [-0.25, -0.2) is 4.39 Å². The van der Waals surface area contributed by atoms with Gasteiger partial charge in [0.15, 0.2) is 0 Å². The van der Waals surface area contributed by atoms with E-state index in [0.717, 1.165) is 0 Å². The van der Waals surface area contributed by atoms with E-state index in [4.69, 9.17) is 9.68 Å². The van der Waals surface area contributed by atoms with Crippen LogP contribution in [-0.4, -0.2) is 0 Å². The number of nitriles is 1. The van der Waals surface area contributed by atoms with Gasteiger partial charge < -0.3 is 9.73 Å². The molecule has 3 nitrogen and oxygen atoms in total. The van der Waals surface area contributed by atoms with Gasteiger partial charge in [0.1, 0.15) is 17.6 Å². The average molecular weight is 216 g/mol. The Morgan fingerprint density at radius 1 is 1.31 bits per heavy atom. The van der Waals surface area contributed by atoms with E-state index in [9.17, 15) is 4.39 Å². The number of furan rings is 1. The van der Waals surface area contributed by atoms with Crippen molar-refractivity contribution in [2.45, 2.75) is 6.54 Å². The van der Waals surface area contributed by atoms with E-state index in [1.54, 1.807) is 24.3 Å². The summed E-state index contributed by atoms with van der Waals surface area (Å²) >= 11 is 0. The molecule has 1 N–H and O–H groups in total. The Morgan fingerprint density at radius 2 is 2.19 bits per heavy atom. The molecule has 0 fully saturated rings. The minimum Gasteiger partial charge on any atom is -0.449 e. The quantitative estimate of drug-likeness (QED) is 0.858. The largest absolute Gasteiger partial charge is 0.449 e. The SMILES string of the molecule is N#Cc1ccc(CNc2cccc(F)c2)o1. The maximum Gasteiger partial charge on any atom is 0.203 e. The highest BCUT2D eigenvalue weighted by Crippen LogP contribution is 2.12. The Labute approximate surface area is 92.1 Å². The van der Waals surface area contributed by atoms with E-state index in [0.29, 0.717) is 18.0 Å². The summed E-state index contributed by atoms with van der Waals surface area (Å²) in [5.41, 5.74) is 0.676. The van der Waals surface area contributed by atoms with Crippen LogP contribution in [0.4, 0.5) is 10.1 Å². The van der Waals surface area contributed by atoms with Crippen LogP contribution in [0.5, 0.6) is 0 Å². The van der Waals surface area contributed by atoms with Crippen LogP contribution in [0.3, 0.4) is 0 Å². The molecular weight excluding hydrogens is 207 g/mol. The zero-order valence-electron chi connectivity index (χ0n) is 8.40. The molecule has 16 heavy (non-hydrogen) atoms. The first-order chi connectivity index (χ1) is 7.78. The van der Waals surface area contributed by atoms with Crippen molar-refractivity contribution in [1.29, 1.82) is 5.26 Å². The first-order valence-electron chi connectivity index (χ1n) is 4.76. The van der Waals surface area contributed by atoms with Crippen LogP contribution in [0, 0.1) is 17.1 Å². The van der Waals surface area contributed by atoms with Crippen molar-refractivity contribution in [2.75, 3.05) is 5.32 Å². The highest BCUT2D eigenvalue weighted by molar-refractivity contribution is 5.43. The number of halogens is 1. The van der Waals surface area contributed by atoms with Crippen LogP contribution in [0.15, 0.2) is 40.8 Å². The maximum atomic E-state index is 12.8. The molecule has 0 amide bonds. The van der Waals surface area contributed by atoms with E-state index >= 15 is 0 Å². The molecule has 80 valence electrons. The molecule has 0 aliphatic heterocycles. The van der Waals surface area contributed by atoms with Gasteiger partial charge in [0, 0.05) is 5.69 Å². The molecule has 0 aliphatic carbocycles. The molecular formula is C12H9FN2O. The Morgan fingerprint density at radius 3 is 2.88 bits per heavy atom. The van der Waals surface area contributed by atoms with Gasteiger partial charge in [-0.1, -0.05) is 6.07 Å². The lowest BCUT2D eigenvalue weighted by Crippen LogP contribution is -1.98. The summed E-state index contributed by atoms with van der Waals surface area (Å²) in [6, 6.07) is 11.4. The standard InChI is InChI=1S/C12H9FN2O/c13-9-2-1-3-10(6-9)15-8-12-5-4-11(7-14)16-12/h1-6,15H,8H2. The first-order valence-corrected chi connectivity index (χ1v) is 4.76. The van der Waals surface area contributed by atoms with Gasteiger partial charge in [0.05, 0.1) is 6.54 Å². The van der Waals surface area contributed by atoms with Gasteiger partial charge in [0.2, 0.25) is 5.76 Å². The van der Waals surface area contributed by atoms with Crippen molar-refractivity contribution in [2.24, 2.45) is 0 Å². The van der Waals surface area contributed by atoms with Gasteiger partial charge >= 0.3 is 0 Å². The molecule has 0 atom stereocenters. The van der Waals surface area contributed by atoms with Crippen molar-refractivity contribution in [3.63, 3.8) is 0 Å². The third kappa shape index (κ3) is 2.39. The summed E-state index contributed by atoms with van der Waals surface area (Å²) in [4.78, 5) is 0. The van der Waals surface area contributed by atoms with E-state index < -0.39 is 0 Å². The van der Waals surface area contributed by atoms with Crippen molar-refractivity contribution in [3.05, 3.63) is 53.7 Å². The first kappa shape index (κ1) is 10.2. The third-order valence-corrected chi connectivity index (χ3v) is 2.06. The molecule has 2 aromatic rings. The van der Waals surface area contributed by atoms with E-state index in [1.165, 1.54) is 12.1 Å². The predicted molar refractivity (Wildman–Crippen MR) is 57.1 cm³/mol. The van der Waals surface area contributed by atoms with Gasteiger partial charge in [-0.2, -0.15) is 5.26 Å². The number of anilines is 1. The number of nitrogens with zero attached hydrogens (tertiary/aromatic N) is 1. The average Bonchev–Trinajstić information content (AvgIpc) is 2.74. The summed E-state index contributed by atoms with van der Waals surface area (Å²) in [6.45, 7) is 0.422. The fourth-order valence-corrected chi connectivity index (χ4v) is 1.32. The Kier molecular flexibility index (Phi) is 2.88. The monoisotopic (exact) mass is 216 g/mol. The van der Waals surface area contributed by atoms with Gasteiger partial charge in [-0.05, 0) is 30.3 Å². The van der Waals surface area contributed by atoms with Crippen molar-refractivity contribution in [1.82, 2.24) is 0 Å². The molecule has 0 bridgehead atoms. The lowest BCUT2D eigenvalue weighted by molar-refractivity contribution is 0.506. The van der Waals surface area contributed by atoms with Crippen LogP contribution in [0.2, 0.25) is 0 Å². The van der Waals surface area contributed by atoms with Gasteiger partial charge in [-0.15, -0.1) is 0 Å². The van der Waals surface area contributed by atoms with Crippen molar-refractivity contribution >= 4 is 5.69 Å². The number of nitrogens with one attached hydrogen (secondary N) is 1. The van der Waals surface area contributed by atoms with Crippen molar-refractivity contribution < 1.29 is 8.81 Å². The molecule has 4 heteroatoms. The second-order valence-electron chi connectivity index (χ2n) is 3.24. The zero-order chi connectivity index (χ0) is 11.4. The molecule has 2 rings (SSSR count). The zero-order valence-corrected chi connectivity index (χ0v) is 8.40. The minimum atomic E-state index is -0.290. The van der Waals surface area contributed by atoms with Gasteiger partial charge in [0.25, 0.3) is 0 Å². The Hall–Kier alpha value is -2.28. The number of hydrogen-bond acceptors (Lipinski definition) is 3. The molecule has 1 heterocycles. The normalized spacial score (nSPS) is 9.75. The number of benzene rings is 1. The molecule has 0 saturated heterocycles. The summed E-state index contributed by atoms with van der Waals surface area (Å²) in [6.07, 6.45) is 0. The summed E-state index contributed by atoms with van der Waals surface area (Å²) in [7, 11) is 0. The lowest BCUT2D eigenvalue weighted by Gasteiger charge is -2.03. The highest BCUT2D eigenvalue weighted by Gasteiger charge is 2.01. The third-order valence-electron chi connectivity index (χ3n) is 2.06. The maximum absolute atomic E-state index is 12.8. The number of hydrogen-bond donors (Lipinski definition) is 1. The van der Waals surface area contributed by atoms with E-state index in [-0.39, 0.29) is 11.6 Å². The lowest BCUT2D eigenvalue weighted by atomic mass is 10.3. The highest BCUT2D eigenvalue weighted by atomic mass is 19.1. The minimum absolute atomic E-state index is 0.274. The second-order valence-corrected chi connectivity index (χ2v) is 3.24. The summed E-state index contributed by atoms with van der Waals surface area (Å²) in [5, 5.41) is 11.6. The molecule has 1 aromatic heterocycles. The molecule has 0 aliphatic rings. The topological polar surface area (TPSA) is 49.0 Å². The smallest absolute Gasteiger partial charge is 0.203 e. The van der Waals surface area contributed by atoms with Crippen LogP contribution in [0.25, 0.3) is 0 Å².